The van der Waals surface area contributed by atoms with E-state index in [4.69, 9.17) is 4.74 Å². The minimum Gasteiger partial charge on any atom is -0.497 e. The normalized spacial score (nSPS) is 10.2. The van der Waals surface area contributed by atoms with E-state index in [1.54, 1.807) is 25.3 Å². The summed E-state index contributed by atoms with van der Waals surface area (Å²) in [6, 6.07) is 6.37. The Kier molecular flexibility index (Phi) is 2.21. The van der Waals surface area contributed by atoms with Gasteiger partial charge in [-0.3, -0.25) is 15.1 Å². The molecule has 5 heteroatoms. The van der Waals surface area contributed by atoms with Gasteiger partial charge < -0.3 is 4.74 Å². The fourth-order valence-electron chi connectivity index (χ4n) is 1.40. The van der Waals surface area contributed by atoms with E-state index < -0.39 is 4.92 Å². The second kappa shape index (κ2) is 3.53. The summed E-state index contributed by atoms with van der Waals surface area (Å²) in [5.74, 6) is 0.635. The van der Waals surface area contributed by atoms with Crippen molar-refractivity contribution in [1.82, 2.24) is 4.98 Å². The second-order valence-electron chi connectivity index (χ2n) is 2.97. The number of ether oxygens (including phenoxy) is 1. The Bertz CT molecular complexity index is 525. The molecule has 0 unspecified atom stereocenters. The summed E-state index contributed by atoms with van der Waals surface area (Å²) in [5.41, 5.74) is 0.617. The van der Waals surface area contributed by atoms with Crippen molar-refractivity contribution in [2.24, 2.45) is 0 Å². The Hall–Kier alpha value is -2.17. The first-order valence-electron chi connectivity index (χ1n) is 4.29. The zero-order valence-corrected chi connectivity index (χ0v) is 8.01. The van der Waals surface area contributed by atoms with Gasteiger partial charge in [0.25, 0.3) is 5.69 Å². The number of hydrogen-bond donors (Lipinski definition) is 0. The van der Waals surface area contributed by atoms with Gasteiger partial charge in [0.1, 0.15) is 5.75 Å². The third-order valence-electron chi connectivity index (χ3n) is 2.12. The highest BCUT2D eigenvalue weighted by Crippen LogP contribution is 2.26. The van der Waals surface area contributed by atoms with Crippen molar-refractivity contribution < 1.29 is 9.66 Å². The van der Waals surface area contributed by atoms with Gasteiger partial charge in [-0.2, -0.15) is 0 Å². The number of rotatable bonds is 2. The average molecular weight is 204 g/mol. The fraction of sp³-hybridized carbons (Fsp3) is 0.100. The van der Waals surface area contributed by atoms with E-state index in [0.29, 0.717) is 16.7 Å². The van der Waals surface area contributed by atoms with Gasteiger partial charge in [-0.05, 0) is 12.1 Å². The smallest absolute Gasteiger partial charge is 0.280 e. The molecule has 0 bridgehead atoms. The SMILES string of the molecule is COc1ccc2c([N+](=O)[O-])ccnc2c1. The number of methoxy groups -OCH3 is 1. The van der Waals surface area contributed by atoms with E-state index >= 15 is 0 Å². The van der Waals surface area contributed by atoms with Crippen LogP contribution in [0.15, 0.2) is 30.5 Å². The maximum absolute atomic E-state index is 10.7. The van der Waals surface area contributed by atoms with Crippen LogP contribution < -0.4 is 4.74 Å². The van der Waals surface area contributed by atoms with Gasteiger partial charge in [0, 0.05) is 18.3 Å². The van der Waals surface area contributed by atoms with E-state index in [-0.39, 0.29) is 5.69 Å². The Morgan fingerprint density at radius 1 is 1.40 bits per heavy atom. The molecular formula is C10H8N2O3. The van der Waals surface area contributed by atoms with Crippen LogP contribution in [-0.2, 0) is 0 Å². The molecule has 15 heavy (non-hydrogen) atoms. The van der Waals surface area contributed by atoms with Crippen LogP contribution in [0.2, 0.25) is 0 Å². The molecule has 0 atom stereocenters. The van der Waals surface area contributed by atoms with Crippen molar-refractivity contribution in [2.45, 2.75) is 0 Å². The highest BCUT2D eigenvalue weighted by Gasteiger charge is 2.11. The van der Waals surface area contributed by atoms with Crippen LogP contribution >= 0.6 is 0 Å². The maximum atomic E-state index is 10.7. The predicted octanol–water partition coefficient (Wildman–Crippen LogP) is 2.15. The Morgan fingerprint density at radius 3 is 2.87 bits per heavy atom. The molecule has 1 heterocycles. The first-order chi connectivity index (χ1) is 7.22. The van der Waals surface area contributed by atoms with Crippen molar-refractivity contribution >= 4 is 16.6 Å². The van der Waals surface area contributed by atoms with Gasteiger partial charge in [-0.1, -0.05) is 0 Å². The van der Waals surface area contributed by atoms with Crippen LogP contribution in [0.25, 0.3) is 10.9 Å². The molecule has 1 aromatic carbocycles. The first kappa shape index (κ1) is 9.39. The second-order valence-corrected chi connectivity index (χ2v) is 2.97. The van der Waals surface area contributed by atoms with Crippen molar-refractivity contribution in [3.8, 4) is 5.75 Å². The summed E-state index contributed by atoms with van der Waals surface area (Å²) in [5, 5.41) is 11.2. The molecule has 0 saturated heterocycles. The van der Waals surface area contributed by atoms with Gasteiger partial charge in [0.15, 0.2) is 0 Å². The lowest BCUT2D eigenvalue weighted by atomic mass is 10.2. The molecule has 2 aromatic rings. The van der Waals surface area contributed by atoms with Crippen LogP contribution in [0.4, 0.5) is 5.69 Å². The van der Waals surface area contributed by atoms with Crippen LogP contribution in [0.1, 0.15) is 0 Å². The molecule has 0 aliphatic rings. The number of pyridine rings is 1. The van der Waals surface area contributed by atoms with Crippen molar-refractivity contribution in [1.29, 1.82) is 0 Å². The standard InChI is InChI=1S/C10H8N2O3/c1-15-7-2-3-8-9(6-7)11-5-4-10(8)12(13)14/h2-6H,1H3. The van der Waals surface area contributed by atoms with E-state index in [9.17, 15) is 10.1 Å². The van der Waals surface area contributed by atoms with Crippen molar-refractivity contribution in [3.63, 3.8) is 0 Å². The summed E-state index contributed by atoms with van der Waals surface area (Å²) < 4.78 is 5.01. The molecule has 0 fully saturated rings. The topological polar surface area (TPSA) is 65.3 Å². The molecule has 0 aliphatic heterocycles. The third kappa shape index (κ3) is 1.59. The van der Waals surface area contributed by atoms with Crippen molar-refractivity contribution in [3.05, 3.63) is 40.6 Å². The summed E-state index contributed by atoms with van der Waals surface area (Å²) in [6.07, 6.45) is 1.42. The first-order valence-corrected chi connectivity index (χ1v) is 4.29. The minimum atomic E-state index is -0.420. The lowest BCUT2D eigenvalue weighted by molar-refractivity contribution is -0.383. The lowest BCUT2D eigenvalue weighted by Gasteiger charge is -2.01. The van der Waals surface area contributed by atoms with Crippen LogP contribution in [-0.4, -0.2) is 17.0 Å². The lowest BCUT2D eigenvalue weighted by Crippen LogP contribution is -1.91. The molecule has 0 N–H and O–H groups in total. The molecule has 0 aliphatic carbocycles. The van der Waals surface area contributed by atoms with Gasteiger partial charge in [-0.25, -0.2) is 0 Å². The van der Waals surface area contributed by atoms with E-state index in [0.717, 1.165) is 0 Å². The summed E-state index contributed by atoms with van der Waals surface area (Å²) in [6.45, 7) is 0. The number of benzene rings is 1. The molecule has 76 valence electrons. The Morgan fingerprint density at radius 2 is 2.20 bits per heavy atom. The van der Waals surface area contributed by atoms with Gasteiger partial charge >= 0.3 is 0 Å². The molecule has 1 aromatic heterocycles. The highest BCUT2D eigenvalue weighted by molar-refractivity contribution is 5.88. The molecule has 0 radical (unpaired) electrons. The number of hydrogen-bond acceptors (Lipinski definition) is 4. The molecule has 2 rings (SSSR count). The monoisotopic (exact) mass is 204 g/mol. The highest BCUT2D eigenvalue weighted by atomic mass is 16.6. The van der Waals surface area contributed by atoms with Gasteiger partial charge in [0.2, 0.25) is 0 Å². The maximum Gasteiger partial charge on any atom is 0.280 e. The van der Waals surface area contributed by atoms with E-state index in [2.05, 4.69) is 4.98 Å². The van der Waals surface area contributed by atoms with E-state index in [1.807, 2.05) is 0 Å². The molecule has 0 amide bonds. The summed E-state index contributed by atoms with van der Waals surface area (Å²) in [4.78, 5) is 14.3. The zero-order chi connectivity index (χ0) is 10.8. The van der Waals surface area contributed by atoms with E-state index in [1.165, 1.54) is 12.3 Å². The zero-order valence-electron chi connectivity index (χ0n) is 8.01. The summed E-state index contributed by atoms with van der Waals surface area (Å²) >= 11 is 0. The molecule has 5 nitrogen and oxygen atoms in total. The van der Waals surface area contributed by atoms with Crippen LogP contribution in [0.5, 0.6) is 5.75 Å². The minimum absolute atomic E-state index is 0.0580. The Balaban J connectivity index is 2.72. The molecular weight excluding hydrogens is 196 g/mol. The largest absolute Gasteiger partial charge is 0.497 e. The third-order valence-corrected chi connectivity index (χ3v) is 2.12. The van der Waals surface area contributed by atoms with Crippen molar-refractivity contribution in [2.75, 3.05) is 7.11 Å². The molecule has 0 spiro atoms. The average Bonchev–Trinajstić information content (AvgIpc) is 2.27. The fourth-order valence-corrected chi connectivity index (χ4v) is 1.40. The van der Waals surface area contributed by atoms with Gasteiger partial charge in [0.05, 0.1) is 22.9 Å². The van der Waals surface area contributed by atoms with Gasteiger partial charge in [-0.15, -0.1) is 0 Å². The molecule has 0 saturated carbocycles. The number of fused-ring (bicyclic) bond motifs is 1. The number of nitro groups is 1. The quantitative estimate of drug-likeness (QED) is 0.555. The Labute approximate surface area is 85.5 Å². The van der Waals surface area contributed by atoms with Crippen LogP contribution in [0.3, 0.4) is 0 Å². The van der Waals surface area contributed by atoms with Crippen LogP contribution in [0, 0.1) is 10.1 Å². The summed E-state index contributed by atoms with van der Waals surface area (Å²) in [7, 11) is 1.54. The predicted molar refractivity (Wildman–Crippen MR) is 54.9 cm³/mol. The number of aromatic nitrogens is 1. The number of nitrogens with zero attached hydrogens (tertiary/aromatic N) is 2.